The van der Waals surface area contributed by atoms with Crippen molar-refractivity contribution >= 4 is 44.6 Å². The normalized spacial score (nSPS) is 28.9. The molecule has 3 N–H and O–H groups in total. The highest BCUT2D eigenvalue weighted by molar-refractivity contribution is 7.91. The second-order valence-corrected chi connectivity index (χ2v) is 18.6. The number of alkyl carbamates (subject to hydrolysis) is 1. The van der Waals surface area contributed by atoms with E-state index in [0.29, 0.717) is 56.6 Å². The first-order valence-corrected chi connectivity index (χ1v) is 21.3. The number of methoxy groups -OCH3 is 1. The van der Waals surface area contributed by atoms with Crippen molar-refractivity contribution in [2.75, 3.05) is 13.7 Å². The Kier molecular flexibility index (Phi) is 12.0. The van der Waals surface area contributed by atoms with E-state index in [1.165, 1.54) is 36.4 Å². The van der Waals surface area contributed by atoms with E-state index in [0.717, 1.165) is 13.8 Å². The van der Waals surface area contributed by atoms with Crippen LogP contribution in [0.5, 0.6) is 11.6 Å². The van der Waals surface area contributed by atoms with Gasteiger partial charge in [0, 0.05) is 24.6 Å². The highest BCUT2D eigenvalue weighted by atomic mass is 32.2. The minimum Gasteiger partial charge on any atom is -0.494 e. The molecule has 2 saturated carbocycles. The number of nitrogens with one attached hydrogen (secondary N) is 3. The molecule has 14 nitrogen and oxygen atoms in total. The molecular weight excluding hydrogens is 784 g/mol. The van der Waals surface area contributed by atoms with Crippen molar-refractivity contribution < 1.29 is 55.0 Å². The maximum atomic E-state index is 14.9. The molecular formula is C40H52F3N5O9S. The summed E-state index contributed by atoms with van der Waals surface area (Å²) in [7, 11) is -2.55. The molecule has 3 heterocycles. The molecule has 2 aromatic rings. The number of sulfonamides is 1. The molecule has 18 heteroatoms. The summed E-state index contributed by atoms with van der Waals surface area (Å²) >= 11 is 0. The van der Waals surface area contributed by atoms with E-state index in [1.807, 2.05) is 19.9 Å². The number of alkyl halides is 2. The molecule has 0 bridgehead atoms. The number of nitrogens with zero attached hydrogens (tertiary/aromatic N) is 2. The Morgan fingerprint density at radius 3 is 2.48 bits per heavy atom. The van der Waals surface area contributed by atoms with Crippen molar-refractivity contribution in [1.82, 2.24) is 25.2 Å². The monoisotopic (exact) mass is 835 g/mol. The lowest BCUT2D eigenvalue weighted by atomic mass is 9.85. The average Bonchev–Trinajstić information content (AvgIpc) is 4.07. The van der Waals surface area contributed by atoms with Crippen LogP contribution in [0.25, 0.3) is 10.8 Å². The van der Waals surface area contributed by atoms with Gasteiger partial charge in [0.2, 0.25) is 27.7 Å². The Morgan fingerprint density at radius 2 is 1.83 bits per heavy atom. The third-order valence-electron chi connectivity index (χ3n) is 11.9. The number of hydrogen-bond donors (Lipinski definition) is 3. The van der Waals surface area contributed by atoms with E-state index in [2.05, 4.69) is 20.3 Å². The van der Waals surface area contributed by atoms with Gasteiger partial charge in [0.15, 0.2) is 5.60 Å². The van der Waals surface area contributed by atoms with Gasteiger partial charge in [-0.05, 0) is 82.4 Å². The largest absolute Gasteiger partial charge is 0.494 e. The van der Waals surface area contributed by atoms with Crippen LogP contribution >= 0.6 is 0 Å². The Labute approximate surface area is 336 Å². The summed E-state index contributed by atoms with van der Waals surface area (Å²) in [6, 6.07) is 1.28. The minimum atomic E-state index is -3.98. The van der Waals surface area contributed by atoms with Crippen LogP contribution < -0.4 is 24.8 Å². The standard InChI is InChI=1S/C40H52F3N5O9S/c1-7-23-16-22(2)10-8-9-11-24-19-40(24,36(51)47-58(53,54)27-13-14-27)46-33(49)30-18-26(56-34-29-17-25(41)12-15-28(29)31(55-6)20-44-34)21-48(30)35(50)32(23)45-37(52)57-38(3,4)39(5,42)43/h9,11-12,15,17,20,22-24,26-27,30,32H,7-8,10,13-14,16,18-19,21H2,1-6H3,(H,45,52)(H,46,49)(H,47,51)/b11-9-/t22-,23-,24-,26-,30+,32+,40-/m1/s1. The minimum absolute atomic E-state index is 0.000227. The third kappa shape index (κ3) is 9.00. The first-order valence-electron chi connectivity index (χ1n) is 19.7. The first kappa shape index (κ1) is 43.0. The zero-order valence-corrected chi connectivity index (χ0v) is 34.3. The van der Waals surface area contributed by atoms with E-state index in [4.69, 9.17) is 14.2 Å². The Hall–Kier alpha value is -4.61. The van der Waals surface area contributed by atoms with Crippen molar-refractivity contribution in [2.45, 2.75) is 126 Å². The summed E-state index contributed by atoms with van der Waals surface area (Å²) in [5.74, 6) is -7.14. The van der Waals surface area contributed by atoms with Crippen LogP contribution in [0.2, 0.25) is 0 Å². The second kappa shape index (κ2) is 16.2. The summed E-state index contributed by atoms with van der Waals surface area (Å²) in [6.07, 6.45) is 5.67. The zero-order valence-electron chi connectivity index (χ0n) is 33.5. The van der Waals surface area contributed by atoms with Crippen LogP contribution in [-0.4, -0.2) is 96.3 Å². The fourth-order valence-electron chi connectivity index (χ4n) is 7.77. The Bertz CT molecular complexity index is 2080. The number of carbonyl (C=O) groups is 4. The van der Waals surface area contributed by atoms with Gasteiger partial charge >= 0.3 is 6.09 Å². The molecule has 0 radical (unpaired) electrons. The highest BCUT2D eigenvalue weighted by Crippen LogP contribution is 2.46. The lowest BCUT2D eigenvalue weighted by Crippen LogP contribution is -2.59. The number of aromatic nitrogens is 1. The summed E-state index contributed by atoms with van der Waals surface area (Å²) in [5.41, 5.74) is -3.88. The van der Waals surface area contributed by atoms with E-state index >= 15 is 0 Å². The molecule has 6 rings (SSSR count). The number of halogens is 3. The number of pyridine rings is 1. The number of carbonyl (C=O) groups excluding carboxylic acids is 4. The number of fused-ring (bicyclic) bond motifs is 3. The number of ether oxygens (including phenoxy) is 3. The molecule has 0 unspecified atom stereocenters. The molecule has 2 aliphatic carbocycles. The SMILES string of the molecule is CC[C@@H]1C[C@H](C)CC/C=C\[C@@H]2C[C@@]2(C(=O)NS(=O)(=O)C2CC2)NC(=O)[C@@H]2C[C@@H](Oc3ncc(OC)c4ccc(F)cc34)CN2C(=O)[C@H]1NC(=O)OC(C)(C)C(C)(F)F. The van der Waals surface area contributed by atoms with Gasteiger partial charge in [-0.3, -0.25) is 19.1 Å². The van der Waals surface area contributed by atoms with E-state index in [1.54, 1.807) is 6.08 Å². The van der Waals surface area contributed by atoms with Crippen molar-refractivity contribution in [3.8, 4) is 11.6 Å². The molecule has 1 saturated heterocycles. The van der Waals surface area contributed by atoms with Crippen molar-refractivity contribution in [2.24, 2.45) is 17.8 Å². The Morgan fingerprint density at radius 1 is 1.10 bits per heavy atom. The quantitative estimate of drug-likeness (QED) is 0.271. The molecule has 4 aliphatic rings. The molecule has 7 atom stereocenters. The first-order chi connectivity index (χ1) is 27.2. The highest BCUT2D eigenvalue weighted by Gasteiger charge is 2.62. The van der Waals surface area contributed by atoms with Crippen LogP contribution in [0.15, 0.2) is 36.5 Å². The topological polar surface area (TPSA) is 182 Å². The van der Waals surface area contributed by atoms with Crippen LogP contribution in [0.4, 0.5) is 18.0 Å². The second-order valence-electron chi connectivity index (χ2n) is 16.7. The molecule has 58 heavy (non-hydrogen) atoms. The van der Waals surface area contributed by atoms with Gasteiger partial charge in [-0.1, -0.05) is 32.4 Å². The molecule has 4 amide bonds. The molecule has 2 aliphatic heterocycles. The maximum absolute atomic E-state index is 14.9. The van der Waals surface area contributed by atoms with Crippen molar-refractivity contribution in [3.63, 3.8) is 0 Å². The van der Waals surface area contributed by atoms with Crippen LogP contribution in [-0.2, 0) is 29.1 Å². The van der Waals surface area contributed by atoms with E-state index in [-0.39, 0.29) is 36.6 Å². The molecule has 0 spiro atoms. The molecule has 1 aromatic heterocycles. The number of allylic oxidation sites excluding steroid dienone is 1. The van der Waals surface area contributed by atoms with Crippen LogP contribution in [0, 0.1) is 23.6 Å². The van der Waals surface area contributed by atoms with Gasteiger partial charge in [-0.25, -0.2) is 31.4 Å². The fraction of sp³-hybridized carbons (Fsp3) is 0.625. The molecule has 1 aromatic carbocycles. The molecule has 3 fully saturated rings. The van der Waals surface area contributed by atoms with Crippen molar-refractivity contribution in [1.29, 1.82) is 0 Å². The summed E-state index contributed by atoms with van der Waals surface area (Å²) in [4.78, 5) is 62.2. The van der Waals surface area contributed by atoms with Gasteiger partial charge in [0.1, 0.15) is 35.3 Å². The summed E-state index contributed by atoms with van der Waals surface area (Å²) in [6.45, 7) is 6.29. The predicted molar refractivity (Wildman–Crippen MR) is 206 cm³/mol. The predicted octanol–water partition coefficient (Wildman–Crippen LogP) is 5.15. The van der Waals surface area contributed by atoms with Crippen molar-refractivity contribution in [3.05, 3.63) is 42.4 Å². The number of benzene rings is 1. The van der Waals surface area contributed by atoms with Gasteiger partial charge in [-0.2, -0.15) is 0 Å². The van der Waals surface area contributed by atoms with Gasteiger partial charge in [-0.15, -0.1) is 0 Å². The number of hydrogen-bond acceptors (Lipinski definition) is 10. The lowest BCUT2D eigenvalue weighted by Gasteiger charge is -2.35. The van der Waals surface area contributed by atoms with E-state index < -0.39 is 92.0 Å². The fourth-order valence-corrected chi connectivity index (χ4v) is 9.14. The lowest BCUT2D eigenvalue weighted by molar-refractivity contribution is -0.152. The summed E-state index contributed by atoms with van der Waals surface area (Å²) in [5, 5.41) is 5.40. The van der Waals surface area contributed by atoms with Crippen LogP contribution in [0.1, 0.15) is 86.0 Å². The summed E-state index contributed by atoms with van der Waals surface area (Å²) < 4.78 is 88.3. The van der Waals surface area contributed by atoms with Gasteiger partial charge < -0.3 is 29.7 Å². The smallest absolute Gasteiger partial charge is 0.408 e. The number of amides is 4. The van der Waals surface area contributed by atoms with Crippen LogP contribution in [0.3, 0.4) is 0 Å². The van der Waals surface area contributed by atoms with E-state index in [9.17, 15) is 40.8 Å². The average molecular weight is 836 g/mol. The van der Waals surface area contributed by atoms with Gasteiger partial charge in [0.05, 0.1) is 30.5 Å². The maximum Gasteiger partial charge on any atom is 0.408 e. The molecule has 318 valence electrons. The zero-order chi connectivity index (χ0) is 42.4. The Balaban J connectivity index is 1.38. The third-order valence-corrected chi connectivity index (χ3v) is 13.7. The number of rotatable bonds is 10. The van der Waals surface area contributed by atoms with Gasteiger partial charge in [0.25, 0.3) is 11.8 Å².